The van der Waals surface area contributed by atoms with Crippen LogP contribution in [0.4, 0.5) is 0 Å². The van der Waals surface area contributed by atoms with E-state index in [1.165, 1.54) is 0 Å². The average Bonchev–Trinajstić information content (AvgIpc) is 2.77. The number of benzene rings is 2. The number of carboxylic acid groups (broad SMARTS) is 1. The molecule has 4 heteroatoms. The summed E-state index contributed by atoms with van der Waals surface area (Å²) in [5.74, 6) is -0.823. The van der Waals surface area contributed by atoms with Gasteiger partial charge in [-0.2, -0.15) is 0 Å². The van der Waals surface area contributed by atoms with Gasteiger partial charge in [-0.25, -0.2) is 0 Å². The summed E-state index contributed by atoms with van der Waals surface area (Å²) in [6.07, 6.45) is 0.00470. The molecule has 0 spiro atoms. The Hall–Kier alpha value is -2.07. The van der Waals surface area contributed by atoms with Crippen LogP contribution in [0.2, 0.25) is 0 Å². The van der Waals surface area contributed by atoms with E-state index in [1.54, 1.807) is 0 Å². The Balaban J connectivity index is 2.33. The molecule has 2 N–H and O–H groups in total. The van der Waals surface area contributed by atoms with Crippen molar-refractivity contribution in [1.29, 1.82) is 0 Å². The van der Waals surface area contributed by atoms with Crippen LogP contribution in [-0.4, -0.2) is 16.1 Å². The number of rotatable bonds is 3. The molecule has 3 rings (SSSR count). The van der Waals surface area contributed by atoms with Gasteiger partial charge in [0.1, 0.15) is 0 Å². The number of aromatic amines is 1. The normalized spacial score (nSPS) is 11.0. The van der Waals surface area contributed by atoms with E-state index in [1.807, 2.05) is 38.1 Å². The van der Waals surface area contributed by atoms with Gasteiger partial charge in [-0.15, -0.1) is 0 Å². The minimum Gasteiger partial charge on any atom is -0.481 e. The molecular weight excluding hydrogens is 342 g/mol. The third-order valence-electron chi connectivity index (χ3n) is 3.80. The average molecular weight is 358 g/mol. The zero-order chi connectivity index (χ0) is 15.9. The lowest BCUT2D eigenvalue weighted by Crippen LogP contribution is -2.01. The molecule has 3 aromatic rings. The lowest BCUT2D eigenvalue weighted by atomic mass is 10.0. The molecule has 112 valence electrons. The quantitative estimate of drug-likeness (QED) is 0.704. The first-order valence-corrected chi connectivity index (χ1v) is 7.84. The highest BCUT2D eigenvalue weighted by atomic mass is 79.9. The minimum atomic E-state index is -0.823. The number of fused-ring (bicyclic) bond motifs is 1. The number of hydrogen-bond donors (Lipinski definition) is 2. The fourth-order valence-corrected chi connectivity index (χ4v) is 3.33. The first kappa shape index (κ1) is 14.9. The minimum absolute atomic E-state index is 0.00470. The topological polar surface area (TPSA) is 53.1 Å². The van der Waals surface area contributed by atoms with Gasteiger partial charge in [0.05, 0.1) is 12.1 Å². The van der Waals surface area contributed by atoms with Crippen LogP contribution in [0.5, 0.6) is 0 Å². The van der Waals surface area contributed by atoms with Gasteiger partial charge >= 0.3 is 5.97 Å². The molecule has 0 radical (unpaired) electrons. The number of halogens is 1. The molecule has 0 atom stereocenters. The highest BCUT2D eigenvalue weighted by molar-refractivity contribution is 9.10. The smallest absolute Gasteiger partial charge is 0.307 e. The van der Waals surface area contributed by atoms with Gasteiger partial charge < -0.3 is 10.1 Å². The highest BCUT2D eigenvalue weighted by Gasteiger charge is 2.17. The Labute approximate surface area is 137 Å². The predicted molar refractivity (Wildman–Crippen MR) is 92.2 cm³/mol. The SMILES string of the molecule is Cc1cc(C)c2[nH]c(-c3cccc(Br)c3)c(CC(=O)O)c2c1. The van der Waals surface area contributed by atoms with E-state index in [0.29, 0.717) is 0 Å². The molecule has 0 fully saturated rings. The number of carbonyl (C=O) groups is 1. The summed E-state index contributed by atoms with van der Waals surface area (Å²) >= 11 is 3.47. The zero-order valence-corrected chi connectivity index (χ0v) is 14.0. The first-order valence-electron chi connectivity index (χ1n) is 7.05. The largest absolute Gasteiger partial charge is 0.481 e. The molecule has 0 saturated carbocycles. The van der Waals surface area contributed by atoms with E-state index in [-0.39, 0.29) is 6.42 Å². The van der Waals surface area contributed by atoms with E-state index in [0.717, 1.165) is 43.3 Å². The van der Waals surface area contributed by atoms with Crippen molar-refractivity contribution in [2.45, 2.75) is 20.3 Å². The summed E-state index contributed by atoms with van der Waals surface area (Å²) in [5.41, 5.74) is 5.98. The van der Waals surface area contributed by atoms with Crippen molar-refractivity contribution < 1.29 is 9.90 Å². The Morgan fingerprint density at radius 3 is 2.68 bits per heavy atom. The fourth-order valence-electron chi connectivity index (χ4n) is 2.93. The Morgan fingerprint density at radius 1 is 1.23 bits per heavy atom. The van der Waals surface area contributed by atoms with Crippen LogP contribution >= 0.6 is 15.9 Å². The molecule has 1 heterocycles. The van der Waals surface area contributed by atoms with Gasteiger partial charge in [-0.3, -0.25) is 4.79 Å². The van der Waals surface area contributed by atoms with E-state index in [9.17, 15) is 9.90 Å². The summed E-state index contributed by atoms with van der Waals surface area (Å²) in [4.78, 5) is 14.7. The summed E-state index contributed by atoms with van der Waals surface area (Å²) < 4.78 is 0.970. The van der Waals surface area contributed by atoms with Crippen LogP contribution in [0, 0.1) is 13.8 Å². The van der Waals surface area contributed by atoms with Gasteiger partial charge in [0, 0.05) is 15.4 Å². The zero-order valence-electron chi connectivity index (χ0n) is 12.4. The maximum atomic E-state index is 11.3. The lowest BCUT2D eigenvalue weighted by Gasteiger charge is -2.04. The van der Waals surface area contributed by atoms with Crippen LogP contribution in [0.3, 0.4) is 0 Å². The number of nitrogens with one attached hydrogen (secondary N) is 1. The number of aryl methyl sites for hydroxylation is 2. The van der Waals surface area contributed by atoms with E-state index in [2.05, 4.69) is 33.0 Å². The summed E-state index contributed by atoms with van der Waals surface area (Å²) in [5, 5.41) is 10.3. The van der Waals surface area contributed by atoms with E-state index >= 15 is 0 Å². The Kier molecular flexibility index (Phi) is 3.79. The third-order valence-corrected chi connectivity index (χ3v) is 4.29. The summed E-state index contributed by atoms with van der Waals surface area (Å²) in [6, 6.07) is 12.1. The third kappa shape index (κ3) is 2.66. The second-order valence-electron chi connectivity index (χ2n) is 5.56. The van der Waals surface area contributed by atoms with Crippen molar-refractivity contribution >= 4 is 32.8 Å². The van der Waals surface area contributed by atoms with Gasteiger partial charge in [-0.1, -0.05) is 39.7 Å². The molecular formula is C18H16BrNO2. The van der Waals surface area contributed by atoms with E-state index in [4.69, 9.17) is 0 Å². The van der Waals surface area contributed by atoms with Crippen LogP contribution in [0.15, 0.2) is 40.9 Å². The maximum absolute atomic E-state index is 11.3. The van der Waals surface area contributed by atoms with Crippen molar-refractivity contribution in [1.82, 2.24) is 4.98 Å². The van der Waals surface area contributed by atoms with Crippen molar-refractivity contribution in [3.05, 3.63) is 57.6 Å². The number of carboxylic acids is 1. The highest BCUT2D eigenvalue weighted by Crippen LogP contribution is 2.34. The first-order chi connectivity index (χ1) is 10.5. The van der Waals surface area contributed by atoms with E-state index < -0.39 is 5.97 Å². The number of hydrogen-bond acceptors (Lipinski definition) is 1. The number of aliphatic carboxylic acids is 1. The number of H-pyrrole nitrogens is 1. The molecule has 0 aliphatic carbocycles. The van der Waals surface area contributed by atoms with Gasteiger partial charge in [-0.05, 0) is 48.7 Å². The monoisotopic (exact) mass is 357 g/mol. The van der Waals surface area contributed by atoms with Crippen LogP contribution in [-0.2, 0) is 11.2 Å². The van der Waals surface area contributed by atoms with Crippen molar-refractivity contribution in [2.24, 2.45) is 0 Å². The molecule has 1 aromatic heterocycles. The Bertz CT molecular complexity index is 880. The number of aromatic nitrogens is 1. The van der Waals surface area contributed by atoms with Crippen LogP contribution < -0.4 is 0 Å². The van der Waals surface area contributed by atoms with Crippen molar-refractivity contribution in [3.63, 3.8) is 0 Å². The fraction of sp³-hybridized carbons (Fsp3) is 0.167. The van der Waals surface area contributed by atoms with Crippen molar-refractivity contribution in [3.8, 4) is 11.3 Å². The second kappa shape index (κ2) is 5.61. The van der Waals surface area contributed by atoms with Crippen LogP contribution in [0.1, 0.15) is 16.7 Å². The van der Waals surface area contributed by atoms with Crippen LogP contribution in [0.25, 0.3) is 22.2 Å². The van der Waals surface area contributed by atoms with Crippen molar-refractivity contribution in [2.75, 3.05) is 0 Å². The lowest BCUT2D eigenvalue weighted by molar-refractivity contribution is -0.136. The summed E-state index contributed by atoms with van der Waals surface area (Å²) in [7, 11) is 0. The molecule has 0 saturated heterocycles. The van der Waals surface area contributed by atoms with Gasteiger partial charge in [0.25, 0.3) is 0 Å². The molecule has 0 unspecified atom stereocenters. The summed E-state index contributed by atoms with van der Waals surface area (Å²) in [6.45, 7) is 4.07. The molecule has 3 nitrogen and oxygen atoms in total. The molecule has 0 aliphatic heterocycles. The van der Waals surface area contributed by atoms with Gasteiger partial charge in [0.2, 0.25) is 0 Å². The molecule has 0 bridgehead atoms. The Morgan fingerprint density at radius 2 is 2.00 bits per heavy atom. The molecule has 0 aliphatic rings. The molecule has 22 heavy (non-hydrogen) atoms. The standard InChI is InChI=1S/C18H16BrNO2/c1-10-6-11(2)17-14(7-10)15(9-16(21)22)18(20-17)12-4-3-5-13(19)8-12/h3-8,20H,9H2,1-2H3,(H,21,22). The molecule has 2 aromatic carbocycles. The van der Waals surface area contributed by atoms with Gasteiger partial charge in [0.15, 0.2) is 0 Å². The maximum Gasteiger partial charge on any atom is 0.307 e. The predicted octanol–water partition coefficient (Wildman–Crippen LogP) is 4.84. The second-order valence-corrected chi connectivity index (χ2v) is 6.48. The molecule has 0 amide bonds.